The van der Waals surface area contributed by atoms with E-state index in [9.17, 15) is 4.79 Å². The van der Waals surface area contributed by atoms with Gasteiger partial charge in [-0.15, -0.1) is 0 Å². The first-order chi connectivity index (χ1) is 6.57. The molecule has 0 bridgehead atoms. The number of carbonyl (C=O) groups excluding carboxylic acids is 1. The highest BCUT2D eigenvalue weighted by molar-refractivity contribution is 7.99. The van der Waals surface area contributed by atoms with Gasteiger partial charge in [-0.3, -0.25) is 4.79 Å². The molecule has 0 aromatic rings. The van der Waals surface area contributed by atoms with Gasteiger partial charge in [0.25, 0.3) is 0 Å². The molecule has 0 fully saturated rings. The van der Waals surface area contributed by atoms with Crippen LogP contribution in [0.2, 0.25) is 0 Å². The largest absolute Gasteiger partial charge is 0.396 e. The number of thioether (sulfide) groups is 1. The second-order valence-electron chi connectivity index (χ2n) is 3.40. The number of primary amides is 1. The summed E-state index contributed by atoms with van der Waals surface area (Å²) in [5.74, 6) is 1.25. The van der Waals surface area contributed by atoms with E-state index in [1.165, 1.54) is 0 Å². The number of carbonyl (C=O) groups is 1. The molecule has 0 spiro atoms. The summed E-state index contributed by atoms with van der Waals surface area (Å²) in [7, 11) is 0. The van der Waals surface area contributed by atoms with Crippen molar-refractivity contribution in [1.82, 2.24) is 5.32 Å². The van der Waals surface area contributed by atoms with E-state index in [4.69, 9.17) is 10.8 Å². The van der Waals surface area contributed by atoms with Crippen LogP contribution in [0.1, 0.15) is 20.3 Å². The Bertz CT molecular complexity index is 165. The lowest BCUT2D eigenvalue weighted by molar-refractivity contribution is -0.120. The molecule has 1 atom stereocenters. The Morgan fingerprint density at radius 3 is 2.57 bits per heavy atom. The minimum absolute atomic E-state index is 0.184. The fourth-order valence-electron chi connectivity index (χ4n) is 1.08. The monoisotopic (exact) mass is 220 g/mol. The zero-order chi connectivity index (χ0) is 11.0. The van der Waals surface area contributed by atoms with Crippen LogP contribution in [-0.2, 0) is 4.79 Å². The maximum absolute atomic E-state index is 11.0. The Labute approximate surface area is 89.6 Å². The third kappa shape index (κ3) is 7.17. The zero-order valence-electron chi connectivity index (χ0n) is 8.82. The van der Waals surface area contributed by atoms with Crippen LogP contribution in [0, 0.1) is 0 Å². The Hall–Kier alpha value is -0.260. The Morgan fingerprint density at radius 2 is 2.14 bits per heavy atom. The summed E-state index contributed by atoms with van der Waals surface area (Å²) < 4.78 is 0. The van der Waals surface area contributed by atoms with Crippen molar-refractivity contribution in [3.63, 3.8) is 0 Å². The van der Waals surface area contributed by atoms with E-state index in [1.807, 2.05) is 13.8 Å². The number of nitrogens with one attached hydrogen (secondary N) is 1. The quantitative estimate of drug-likeness (QED) is 0.502. The Morgan fingerprint density at radius 1 is 1.50 bits per heavy atom. The molecular formula is C9H20N2O2S. The van der Waals surface area contributed by atoms with Crippen molar-refractivity contribution < 1.29 is 9.90 Å². The first-order valence-electron chi connectivity index (χ1n) is 4.82. The average molecular weight is 220 g/mol. The van der Waals surface area contributed by atoms with Gasteiger partial charge in [0.15, 0.2) is 0 Å². The predicted octanol–water partition coefficient (Wildman–Crippen LogP) is -0.0461. The molecule has 14 heavy (non-hydrogen) atoms. The number of aliphatic hydroxyl groups excluding tert-OH is 1. The number of hydrogen-bond acceptors (Lipinski definition) is 4. The van der Waals surface area contributed by atoms with Crippen molar-refractivity contribution in [3.8, 4) is 0 Å². The molecule has 4 nitrogen and oxygen atoms in total. The van der Waals surface area contributed by atoms with Gasteiger partial charge in [0.2, 0.25) is 5.91 Å². The molecule has 4 N–H and O–H groups in total. The minimum atomic E-state index is -0.303. The molecule has 0 radical (unpaired) electrons. The number of hydrogen-bond donors (Lipinski definition) is 3. The molecule has 0 aromatic carbocycles. The molecule has 0 saturated carbocycles. The van der Waals surface area contributed by atoms with Crippen molar-refractivity contribution in [3.05, 3.63) is 0 Å². The van der Waals surface area contributed by atoms with Gasteiger partial charge >= 0.3 is 0 Å². The normalized spacial score (nSPS) is 13.1. The summed E-state index contributed by atoms with van der Waals surface area (Å²) in [5.41, 5.74) is 5.24. The minimum Gasteiger partial charge on any atom is -0.396 e. The maximum atomic E-state index is 11.0. The smallest absolute Gasteiger partial charge is 0.234 e. The summed E-state index contributed by atoms with van der Waals surface area (Å²) in [6, 6.07) is 0.0107. The summed E-state index contributed by atoms with van der Waals surface area (Å²) in [5, 5.41) is 11.7. The lowest BCUT2D eigenvalue weighted by atomic mass is 10.2. The molecule has 0 aliphatic carbocycles. The van der Waals surface area contributed by atoms with Gasteiger partial charge in [-0.2, -0.15) is 11.8 Å². The molecule has 0 rings (SSSR count). The van der Waals surface area contributed by atoms with Crippen LogP contribution in [0.15, 0.2) is 0 Å². The van der Waals surface area contributed by atoms with Crippen molar-refractivity contribution in [1.29, 1.82) is 0 Å². The summed E-state index contributed by atoms with van der Waals surface area (Å²) in [6.45, 7) is 4.15. The third-order valence-corrected chi connectivity index (χ3v) is 2.66. The van der Waals surface area contributed by atoms with E-state index in [1.54, 1.807) is 11.8 Å². The van der Waals surface area contributed by atoms with Crippen LogP contribution in [-0.4, -0.2) is 41.2 Å². The fourth-order valence-corrected chi connectivity index (χ4v) is 1.81. The third-order valence-electron chi connectivity index (χ3n) is 1.66. The van der Waals surface area contributed by atoms with Gasteiger partial charge in [-0.25, -0.2) is 0 Å². The van der Waals surface area contributed by atoms with E-state index >= 15 is 0 Å². The van der Waals surface area contributed by atoms with E-state index in [0.29, 0.717) is 5.75 Å². The summed E-state index contributed by atoms with van der Waals surface area (Å²) >= 11 is 1.63. The Kier molecular flexibility index (Phi) is 7.93. The molecule has 5 heteroatoms. The van der Waals surface area contributed by atoms with Crippen molar-refractivity contribution in [2.75, 3.05) is 18.1 Å². The topological polar surface area (TPSA) is 75.3 Å². The highest BCUT2D eigenvalue weighted by Gasteiger charge is 2.14. The van der Waals surface area contributed by atoms with E-state index in [-0.39, 0.29) is 24.6 Å². The van der Waals surface area contributed by atoms with Crippen molar-refractivity contribution >= 4 is 17.7 Å². The standard InChI is InChI=1S/C9H20N2O2S/c1-7(2)11-8(9(10)13)3-5-14-6-4-12/h7-8,11-12H,3-6H2,1-2H3,(H2,10,13). The lowest BCUT2D eigenvalue weighted by Crippen LogP contribution is -2.44. The van der Waals surface area contributed by atoms with Gasteiger partial charge in [0.1, 0.15) is 0 Å². The fraction of sp³-hybridized carbons (Fsp3) is 0.889. The van der Waals surface area contributed by atoms with E-state index in [0.717, 1.165) is 12.2 Å². The van der Waals surface area contributed by atoms with Crippen molar-refractivity contribution in [2.45, 2.75) is 32.4 Å². The maximum Gasteiger partial charge on any atom is 0.234 e. The number of aliphatic hydroxyl groups is 1. The lowest BCUT2D eigenvalue weighted by Gasteiger charge is -2.17. The van der Waals surface area contributed by atoms with Crippen LogP contribution < -0.4 is 11.1 Å². The number of nitrogens with two attached hydrogens (primary N) is 1. The molecule has 0 saturated heterocycles. The van der Waals surface area contributed by atoms with Crippen LogP contribution in [0.5, 0.6) is 0 Å². The molecule has 0 aromatic heterocycles. The van der Waals surface area contributed by atoms with Crippen LogP contribution in [0.4, 0.5) is 0 Å². The number of amides is 1. The van der Waals surface area contributed by atoms with Gasteiger partial charge in [-0.05, 0) is 12.2 Å². The molecular weight excluding hydrogens is 200 g/mol. The predicted molar refractivity (Wildman–Crippen MR) is 60.3 cm³/mol. The van der Waals surface area contributed by atoms with E-state index < -0.39 is 0 Å². The second-order valence-corrected chi connectivity index (χ2v) is 4.63. The van der Waals surface area contributed by atoms with Crippen LogP contribution >= 0.6 is 11.8 Å². The van der Waals surface area contributed by atoms with Gasteiger partial charge in [-0.1, -0.05) is 13.8 Å². The van der Waals surface area contributed by atoms with Gasteiger partial charge in [0.05, 0.1) is 12.6 Å². The molecule has 0 aliphatic rings. The van der Waals surface area contributed by atoms with Crippen molar-refractivity contribution in [2.24, 2.45) is 5.73 Å². The second kappa shape index (κ2) is 8.08. The molecule has 1 amide bonds. The number of rotatable bonds is 8. The first kappa shape index (κ1) is 13.7. The Balaban J connectivity index is 3.68. The van der Waals surface area contributed by atoms with E-state index in [2.05, 4.69) is 5.32 Å². The average Bonchev–Trinajstić information content (AvgIpc) is 2.09. The highest BCUT2D eigenvalue weighted by Crippen LogP contribution is 2.04. The molecule has 0 aliphatic heterocycles. The first-order valence-corrected chi connectivity index (χ1v) is 5.97. The van der Waals surface area contributed by atoms with Gasteiger partial charge < -0.3 is 16.2 Å². The molecule has 1 unspecified atom stereocenters. The highest BCUT2D eigenvalue weighted by atomic mass is 32.2. The molecule has 84 valence electrons. The SMILES string of the molecule is CC(C)NC(CCSCCO)C(N)=O. The summed E-state index contributed by atoms with van der Waals surface area (Å²) in [6.07, 6.45) is 0.720. The summed E-state index contributed by atoms with van der Waals surface area (Å²) in [4.78, 5) is 11.0. The van der Waals surface area contributed by atoms with Crippen LogP contribution in [0.3, 0.4) is 0 Å². The zero-order valence-corrected chi connectivity index (χ0v) is 9.64. The van der Waals surface area contributed by atoms with Gasteiger partial charge in [0, 0.05) is 11.8 Å². The molecule has 0 heterocycles. The van der Waals surface area contributed by atoms with Crippen LogP contribution in [0.25, 0.3) is 0 Å².